The second-order valence-corrected chi connectivity index (χ2v) is 10.8. The van der Waals surface area contributed by atoms with Crippen LogP contribution in [0.4, 0.5) is 21.8 Å². The van der Waals surface area contributed by atoms with Gasteiger partial charge >= 0.3 is 0 Å². The van der Waals surface area contributed by atoms with E-state index in [4.69, 9.17) is 4.98 Å². The van der Waals surface area contributed by atoms with Gasteiger partial charge in [0, 0.05) is 47.5 Å². The van der Waals surface area contributed by atoms with E-state index in [1.54, 1.807) is 30.1 Å². The normalized spacial score (nSPS) is 15.9. The first-order valence-corrected chi connectivity index (χ1v) is 13.9. The van der Waals surface area contributed by atoms with Crippen LogP contribution >= 0.6 is 11.9 Å². The van der Waals surface area contributed by atoms with Crippen LogP contribution in [-0.2, 0) is 16.8 Å². The molecule has 39 heavy (non-hydrogen) atoms. The van der Waals surface area contributed by atoms with Gasteiger partial charge in [0.1, 0.15) is 11.6 Å². The lowest BCUT2D eigenvalue weighted by Gasteiger charge is -2.17. The van der Waals surface area contributed by atoms with Crippen LogP contribution in [0.15, 0.2) is 83.9 Å². The number of amides is 1. The monoisotopic (exact) mass is 540 g/mol. The van der Waals surface area contributed by atoms with E-state index in [1.165, 1.54) is 6.07 Å². The van der Waals surface area contributed by atoms with Crippen molar-refractivity contribution in [3.63, 3.8) is 0 Å². The van der Waals surface area contributed by atoms with Crippen LogP contribution in [-0.4, -0.2) is 29.0 Å². The van der Waals surface area contributed by atoms with Crippen molar-refractivity contribution < 1.29 is 9.18 Å². The van der Waals surface area contributed by atoms with Crippen LogP contribution in [0, 0.1) is 5.82 Å². The molecule has 4 aromatic rings. The lowest BCUT2D eigenvalue weighted by molar-refractivity contribution is -0.123. The van der Waals surface area contributed by atoms with Gasteiger partial charge in [-0.05, 0) is 66.6 Å². The van der Waals surface area contributed by atoms with Gasteiger partial charge < -0.3 is 16.0 Å². The Morgan fingerprint density at radius 1 is 1.03 bits per heavy atom. The van der Waals surface area contributed by atoms with Gasteiger partial charge in [-0.15, -0.1) is 0 Å². The predicted octanol–water partition coefficient (Wildman–Crippen LogP) is 5.79. The molecular formula is C30H29FN6OS. The molecule has 4 N–H and O–H groups in total. The highest BCUT2D eigenvalue weighted by atomic mass is 32.2. The molecule has 2 aliphatic rings. The van der Waals surface area contributed by atoms with E-state index in [-0.39, 0.29) is 11.7 Å². The Labute approximate surface area is 231 Å². The lowest BCUT2D eigenvalue weighted by atomic mass is 9.94. The summed E-state index contributed by atoms with van der Waals surface area (Å²) in [6.07, 6.45) is 4.10. The quantitative estimate of drug-likeness (QED) is 0.238. The average molecular weight is 541 g/mol. The molecule has 0 spiro atoms. The van der Waals surface area contributed by atoms with Crippen LogP contribution in [0.1, 0.15) is 30.4 Å². The van der Waals surface area contributed by atoms with Crippen LogP contribution in [0.3, 0.4) is 0 Å². The third-order valence-corrected chi connectivity index (χ3v) is 7.95. The van der Waals surface area contributed by atoms with Gasteiger partial charge in [-0.1, -0.05) is 48.5 Å². The number of aromatic nitrogens is 2. The molecule has 9 heteroatoms. The number of benzene rings is 3. The molecule has 0 radical (unpaired) electrons. The van der Waals surface area contributed by atoms with Crippen LogP contribution < -0.4 is 20.7 Å². The number of rotatable bonds is 5. The minimum atomic E-state index is -0.742. The maximum Gasteiger partial charge on any atom is 0.231 e. The summed E-state index contributed by atoms with van der Waals surface area (Å²) >= 11 is 1.61. The van der Waals surface area contributed by atoms with Crippen molar-refractivity contribution in [2.75, 3.05) is 23.7 Å². The van der Waals surface area contributed by atoms with Crippen molar-refractivity contribution in [3.05, 3.63) is 95.9 Å². The highest BCUT2D eigenvalue weighted by molar-refractivity contribution is 7.97. The van der Waals surface area contributed by atoms with Crippen molar-refractivity contribution in [2.45, 2.75) is 36.1 Å². The topological polar surface area (TPSA) is 91.0 Å². The first-order chi connectivity index (χ1) is 19.1. The molecular weight excluding hydrogens is 511 g/mol. The van der Waals surface area contributed by atoms with E-state index in [1.807, 2.05) is 42.6 Å². The number of anilines is 3. The second-order valence-electron chi connectivity index (χ2n) is 9.83. The molecule has 1 saturated carbocycles. The summed E-state index contributed by atoms with van der Waals surface area (Å²) < 4.78 is 17.7. The van der Waals surface area contributed by atoms with E-state index >= 15 is 0 Å². The summed E-state index contributed by atoms with van der Waals surface area (Å²) in [5.41, 5.74) is 3.51. The fourth-order valence-electron chi connectivity index (χ4n) is 4.80. The van der Waals surface area contributed by atoms with Gasteiger partial charge in [-0.2, -0.15) is 4.98 Å². The standard InChI is InChI=1S/C30H29FN6OS/c31-26-8-2-1-7-25(26)30(13-14-30)28(38)33-18-20-9-11-21(12-10-20)24-19-34-29-36-22-5-3-6-23(17-22)39-35-16-4-15-32-27(24)37-29/h1-3,5-12,17,19,35H,4,13-16,18H2,(H,33,38)(H2,32,34,36,37). The second kappa shape index (κ2) is 11.0. The van der Waals surface area contributed by atoms with Crippen LogP contribution in [0.5, 0.6) is 0 Å². The van der Waals surface area contributed by atoms with Gasteiger partial charge in [0.15, 0.2) is 0 Å². The smallest absolute Gasteiger partial charge is 0.231 e. The fourth-order valence-corrected chi connectivity index (χ4v) is 5.55. The number of hydrogen-bond donors (Lipinski definition) is 4. The third kappa shape index (κ3) is 5.60. The SMILES string of the molecule is O=C(NCc1ccc(-c2cnc3nc2NCCCNSc2cccc(c2)N3)cc1)C1(c2ccccc2F)CC1. The van der Waals surface area contributed by atoms with Gasteiger partial charge in [-0.25, -0.2) is 9.37 Å². The number of hydrogen-bond acceptors (Lipinski definition) is 7. The minimum Gasteiger partial charge on any atom is -0.369 e. The highest BCUT2D eigenvalue weighted by Crippen LogP contribution is 2.49. The third-order valence-electron chi connectivity index (χ3n) is 7.11. The summed E-state index contributed by atoms with van der Waals surface area (Å²) in [5.74, 6) is 0.844. The Balaban J connectivity index is 1.17. The molecule has 6 rings (SSSR count). The van der Waals surface area contributed by atoms with Gasteiger partial charge in [0.2, 0.25) is 11.9 Å². The average Bonchev–Trinajstić information content (AvgIpc) is 3.76. The predicted molar refractivity (Wildman–Crippen MR) is 153 cm³/mol. The Kier molecular flexibility index (Phi) is 7.17. The van der Waals surface area contributed by atoms with E-state index in [0.717, 1.165) is 52.6 Å². The van der Waals surface area contributed by atoms with Crippen molar-refractivity contribution in [2.24, 2.45) is 0 Å². The zero-order valence-electron chi connectivity index (χ0n) is 21.3. The number of nitrogens with zero attached hydrogens (tertiary/aromatic N) is 2. The molecule has 198 valence electrons. The summed E-state index contributed by atoms with van der Waals surface area (Å²) in [6, 6.07) is 22.7. The van der Waals surface area contributed by atoms with Crippen molar-refractivity contribution in [1.82, 2.24) is 20.0 Å². The molecule has 1 aromatic heterocycles. The Bertz CT molecular complexity index is 1490. The number of carbonyl (C=O) groups excluding carboxylic acids is 1. The Morgan fingerprint density at radius 3 is 2.69 bits per heavy atom. The Morgan fingerprint density at radius 2 is 1.87 bits per heavy atom. The zero-order valence-corrected chi connectivity index (χ0v) is 22.2. The summed E-state index contributed by atoms with van der Waals surface area (Å²) in [4.78, 5) is 23.4. The molecule has 0 saturated heterocycles. The number of fused-ring (bicyclic) bond motifs is 4. The van der Waals surface area contributed by atoms with Crippen molar-refractivity contribution >= 4 is 35.3 Å². The zero-order chi connectivity index (χ0) is 26.7. The minimum absolute atomic E-state index is 0.123. The van der Waals surface area contributed by atoms with Crippen molar-refractivity contribution in [1.29, 1.82) is 0 Å². The van der Waals surface area contributed by atoms with E-state index in [2.05, 4.69) is 37.8 Å². The number of halogens is 1. The molecule has 1 aliphatic carbocycles. The molecule has 1 aliphatic heterocycles. The van der Waals surface area contributed by atoms with Crippen molar-refractivity contribution in [3.8, 4) is 11.1 Å². The van der Waals surface area contributed by atoms with E-state index in [9.17, 15) is 9.18 Å². The van der Waals surface area contributed by atoms with E-state index in [0.29, 0.717) is 30.9 Å². The van der Waals surface area contributed by atoms with Crippen LogP contribution in [0.25, 0.3) is 11.1 Å². The molecule has 0 atom stereocenters. The van der Waals surface area contributed by atoms with E-state index < -0.39 is 5.41 Å². The lowest BCUT2D eigenvalue weighted by Crippen LogP contribution is -2.34. The molecule has 1 amide bonds. The molecule has 2 heterocycles. The molecule has 3 aromatic carbocycles. The summed E-state index contributed by atoms with van der Waals surface area (Å²) in [5, 5.41) is 9.78. The summed E-state index contributed by atoms with van der Waals surface area (Å²) in [7, 11) is 0. The van der Waals surface area contributed by atoms with Crippen LogP contribution in [0.2, 0.25) is 0 Å². The first-order valence-electron chi connectivity index (χ1n) is 13.1. The fraction of sp³-hybridized carbons (Fsp3) is 0.233. The number of carbonyl (C=O) groups is 1. The summed E-state index contributed by atoms with van der Waals surface area (Å²) in [6.45, 7) is 2.01. The number of nitrogens with one attached hydrogen (secondary N) is 4. The molecule has 0 unspecified atom stereocenters. The highest BCUT2D eigenvalue weighted by Gasteiger charge is 2.52. The molecule has 1 fully saturated rings. The largest absolute Gasteiger partial charge is 0.369 e. The van der Waals surface area contributed by atoms with Gasteiger partial charge in [0.25, 0.3) is 0 Å². The maximum atomic E-state index is 14.3. The molecule has 4 bridgehead atoms. The first kappa shape index (κ1) is 25.3. The maximum absolute atomic E-state index is 14.3. The Hall–Kier alpha value is -3.95. The molecule has 7 nitrogen and oxygen atoms in total. The van der Waals surface area contributed by atoms with Gasteiger partial charge in [-0.3, -0.25) is 9.52 Å². The van der Waals surface area contributed by atoms with Gasteiger partial charge in [0.05, 0.1) is 5.41 Å².